The van der Waals surface area contributed by atoms with Crippen molar-refractivity contribution in [2.75, 3.05) is 6.61 Å². The zero-order valence-electron chi connectivity index (χ0n) is 8.17. The number of carbonyl (C=O) groups excluding carboxylic acids is 1. The second-order valence-electron chi connectivity index (χ2n) is 3.34. The third-order valence-corrected chi connectivity index (χ3v) is 2.08. The van der Waals surface area contributed by atoms with Crippen LogP contribution in [0.1, 0.15) is 33.1 Å². The predicted octanol–water partition coefficient (Wildman–Crippen LogP) is 1.27. The molecule has 4 heteroatoms. The zero-order valence-corrected chi connectivity index (χ0v) is 8.17. The molecule has 0 fully saturated rings. The normalized spacial score (nSPS) is 18.6. The molecule has 1 aliphatic heterocycles. The van der Waals surface area contributed by atoms with Gasteiger partial charge in [-0.05, 0) is 6.42 Å². The molecule has 1 N–H and O–H groups in total. The lowest BCUT2D eigenvalue weighted by molar-refractivity contribution is -0.125. The first-order valence-electron chi connectivity index (χ1n) is 4.73. The highest BCUT2D eigenvalue weighted by atomic mass is 16.6. The summed E-state index contributed by atoms with van der Waals surface area (Å²) in [6.07, 6.45) is 3.35. The van der Waals surface area contributed by atoms with E-state index in [-0.39, 0.29) is 18.4 Å². The molecule has 0 spiro atoms. The van der Waals surface area contributed by atoms with Crippen LogP contribution in [0.3, 0.4) is 0 Å². The number of nitrogens with one attached hydrogen (secondary N) is 1. The third kappa shape index (κ3) is 3.05. The van der Waals surface area contributed by atoms with Crippen molar-refractivity contribution in [3.05, 3.63) is 0 Å². The van der Waals surface area contributed by atoms with E-state index in [4.69, 9.17) is 4.84 Å². The quantitative estimate of drug-likeness (QED) is 0.715. The molecule has 1 unspecified atom stereocenters. The smallest absolute Gasteiger partial charge is 0.266 e. The fraction of sp³-hybridized carbons (Fsp3) is 0.778. The van der Waals surface area contributed by atoms with Gasteiger partial charge in [0.1, 0.15) is 0 Å². The highest BCUT2D eigenvalue weighted by molar-refractivity contribution is 6.00. The van der Waals surface area contributed by atoms with Gasteiger partial charge in [0.05, 0.1) is 0 Å². The average molecular weight is 184 g/mol. The Morgan fingerprint density at radius 1 is 1.69 bits per heavy atom. The summed E-state index contributed by atoms with van der Waals surface area (Å²) in [6, 6.07) is 0. The fourth-order valence-electron chi connectivity index (χ4n) is 1.22. The SMILES string of the molecule is CCCCC(C)C1=NOCC(=O)N1. The molecule has 0 saturated heterocycles. The largest absolute Gasteiger partial charge is 0.384 e. The van der Waals surface area contributed by atoms with Gasteiger partial charge in [-0.1, -0.05) is 31.8 Å². The van der Waals surface area contributed by atoms with Gasteiger partial charge >= 0.3 is 0 Å². The van der Waals surface area contributed by atoms with Crippen molar-refractivity contribution in [2.24, 2.45) is 11.1 Å². The fourth-order valence-corrected chi connectivity index (χ4v) is 1.22. The number of amides is 1. The first-order valence-corrected chi connectivity index (χ1v) is 4.73. The molecule has 1 rings (SSSR count). The zero-order chi connectivity index (χ0) is 9.68. The van der Waals surface area contributed by atoms with Crippen LogP contribution >= 0.6 is 0 Å². The lowest BCUT2D eigenvalue weighted by atomic mass is 10.0. The topological polar surface area (TPSA) is 50.7 Å². The summed E-state index contributed by atoms with van der Waals surface area (Å²) in [5, 5.41) is 6.53. The average Bonchev–Trinajstić information content (AvgIpc) is 2.14. The number of unbranched alkanes of at least 4 members (excludes halogenated alkanes) is 1. The lowest BCUT2D eigenvalue weighted by Crippen LogP contribution is -2.40. The molecule has 0 bridgehead atoms. The molecular formula is C9H16N2O2. The van der Waals surface area contributed by atoms with Gasteiger partial charge in [-0.2, -0.15) is 0 Å². The number of oxime groups is 1. The van der Waals surface area contributed by atoms with Crippen LogP contribution in [0, 0.1) is 5.92 Å². The number of rotatable bonds is 4. The Bertz CT molecular complexity index is 214. The third-order valence-electron chi connectivity index (χ3n) is 2.08. The van der Waals surface area contributed by atoms with E-state index in [9.17, 15) is 4.79 Å². The minimum Gasteiger partial charge on any atom is -0.384 e. The first-order chi connectivity index (χ1) is 6.24. The monoisotopic (exact) mass is 184 g/mol. The molecule has 13 heavy (non-hydrogen) atoms. The number of hydrogen-bond acceptors (Lipinski definition) is 3. The number of hydrogen-bond donors (Lipinski definition) is 1. The summed E-state index contributed by atoms with van der Waals surface area (Å²) in [4.78, 5) is 15.7. The highest BCUT2D eigenvalue weighted by Crippen LogP contribution is 2.10. The van der Waals surface area contributed by atoms with Crippen molar-refractivity contribution in [1.29, 1.82) is 0 Å². The minimum absolute atomic E-state index is 0.0456. The Labute approximate surface area is 78.3 Å². The highest BCUT2D eigenvalue weighted by Gasteiger charge is 2.18. The van der Waals surface area contributed by atoms with E-state index >= 15 is 0 Å². The van der Waals surface area contributed by atoms with Gasteiger partial charge in [0, 0.05) is 5.92 Å². The van der Waals surface area contributed by atoms with E-state index in [1.165, 1.54) is 0 Å². The van der Waals surface area contributed by atoms with Crippen LogP contribution in [-0.4, -0.2) is 18.3 Å². The van der Waals surface area contributed by atoms with E-state index in [1.807, 2.05) is 6.92 Å². The minimum atomic E-state index is -0.103. The molecule has 74 valence electrons. The molecule has 0 aromatic heterocycles. The maximum atomic E-state index is 10.9. The van der Waals surface area contributed by atoms with Crippen LogP contribution in [0.5, 0.6) is 0 Å². The lowest BCUT2D eigenvalue weighted by Gasteiger charge is -2.18. The second-order valence-corrected chi connectivity index (χ2v) is 3.34. The van der Waals surface area contributed by atoms with E-state index < -0.39 is 0 Å². The molecule has 1 aliphatic rings. The van der Waals surface area contributed by atoms with Crippen molar-refractivity contribution < 1.29 is 9.63 Å². The van der Waals surface area contributed by atoms with Crippen molar-refractivity contribution in [3.63, 3.8) is 0 Å². The van der Waals surface area contributed by atoms with Gasteiger partial charge in [0.2, 0.25) is 0 Å². The van der Waals surface area contributed by atoms with Crippen LogP contribution in [0.25, 0.3) is 0 Å². The summed E-state index contributed by atoms with van der Waals surface area (Å²) in [5.74, 6) is 0.849. The second kappa shape index (κ2) is 4.84. The van der Waals surface area contributed by atoms with E-state index in [0.717, 1.165) is 19.3 Å². The summed E-state index contributed by atoms with van der Waals surface area (Å²) >= 11 is 0. The van der Waals surface area contributed by atoms with Gasteiger partial charge in [0.25, 0.3) is 5.91 Å². The van der Waals surface area contributed by atoms with Crippen molar-refractivity contribution in [2.45, 2.75) is 33.1 Å². The van der Waals surface area contributed by atoms with Gasteiger partial charge in [-0.25, -0.2) is 0 Å². The number of carbonyl (C=O) groups is 1. The van der Waals surface area contributed by atoms with Gasteiger partial charge in [0.15, 0.2) is 12.4 Å². The Morgan fingerprint density at radius 3 is 3.08 bits per heavy atom. The summed E-state index contributed by atoms with van der Waals surface area (Å²) in [7, 11) is 0. The van der Waals surface area contributed by atoms with E-state index in [1.54, 1.807) is 0 Å². The maximum Gasteiger partial charge on any atom is 0.266 e. The van der Waals surface area contributed by atoms with Crippen LogP contribution in [0.4, 0.5) is 0 Å². The molecule has 4 nitrogen and oxygen atoms in total. The molecule has 0 radical (unpaired) electrons. The van der Waals surface area contributed by atoms with Crippen molar-refractivity contribution in [1.82, 2.24) is 5.32 Å². The molecule has 0 saturated carbocycles. The Balaban J connectivity index is 2.41. The molecule has 1 heterocycles. The summed E-state index contributed by atoms with van der Waals surface area (Å²) in [6.45, 7) is 4.23. The molecule has 0 aromatic carbocycles. The van der Waals surface area contributed by atoms with Crippen molar-refractivity contribution >= 4 is 11.7 Å². The first kappa shape index (κ1) is 10.0. The van der Waals surface area contributed by atoms with Crippen molar-refractivity contribution in [3.8, 4) is 0 Å². The molecule has 1 atom stereocenters. The standard InChI is InChI=1S/C9H16N2O2/c1-3-4-5-7(2)9-10-8(12)6-13-11-9/h7H,3-6H2,1-2H3,(H,10,11,12). The molecule has 0 aliphatic carbocycles. The number of nitrogens with zero attached hydrogens (tertiary/aromatic N) is 1. The maximum absolute atomic E-state index is 10.9. The van der Waals surface area contributed by atoms with Crippen LogP contribution in [-0.2, 0) is 9.63 Å². The van der Waals surface area contributed by atoms with Gasteiger partial charge < -0.3 is 10.2 Å². The van der Waals surface area contributed by atoms with Gasteiger partial charge in [-0.15, -0.1) is 0 Å². The Kier molecular flexibility index (Phi) is 3.73. The molecular weight excluding hydrogens is 168 g/mol. The number of amidine groups is 1. The van der Waals surface area contributed by atoms with Crippen LogP contribution < -0.4 is 5.32 Å². The van der Waals surface area contributed by atoms with Gasteiger partial charge in [-0.3, -0.25) is 4.79 Å². The predicted molar refractivity (Wildman–Crippen MR) is 50.2 cm³/mol. The Morgan fingerprint density at radius 2 is 2.46 bits per heavy atom. The Hall–Kier alpha value is -1.06. The van der Waals surface area contributed by atoms with Crippen LogP contribution in [0.15, 0.2) is 5.16 Å². The molecule has 0 aromatic rings. The summed E-state index contributed by atoms with van der Waals surface area (Å²) < 4.78 is 0. The van der Waals surface area contributed by atoms with E-state index in [0.29, 0.717) is 5.84 Å². The molecule has 1 amide bonds. The summed E-state index contributed by atoms with van der Waals surface area (Å²) in [5.41, 5.74) is 0. The van der Waals surface area contributed by atoms with Crippen LogP contribution in [0.2, 0.25) is 0 Å². The van der Waals surface area contributed by atoms with E-state index in [2.05, 4.69) is 17.4 Å².